The van der Waals surface area contributed by atoms with E-state index in [9.17, 15) is 58.6 Å². The summed E-state index contributed by atoms with van der Waals surface area (Å²) in [6, 6.07) is 5.66. The summed E-state index contributed by atoms with van der Waals surface area (Å²) in [7, 11) is 2.85. The van der Waals surface area contributed by atoms with Crippen LogP contribution in [0.3, 0.4) is 0 Å². The van der Waals surface area contributed by atoms with Gasteiger partial charge in [0.05, 0.1) is 88.7 Å². The van der Waals surface area contributed by atoms with Gasteiger partial charge in [0, 0.05) is 67.9 Å². The summed E-state index contributed by atoms with van der Waals surface area (Å²) in [6.07, 6.45) is 35.7. The Morgan fingerprint density at radius 3 is 1.03 bits per heavy atom. The zero-order chi connectivity index (χ0) is 83.1. The third kappa shape index (κ3) is 36.2. The molecule has 2 heterocycles. The van der Waals surface area contributed by atoms with Crippen LogP contribution >= 0.6 is 0 Å². The van der Waals surface area contributed by atoms with Crippen LogP contribution in [0.4, 0.5) is 11.4 Å². The monoisotopic (exact) mass is 1610 g/mol. The summed E-state index contributed by atoms with van der Waals surface area (Å²) in [5.74, 6) is -3.60. The van der Waals surface area contributed by atoms with Crippen molar-refractivity contribution in [2.45, 2.75) is 379 Å². The lowest BCUT2D eigenvalue weighted by Gasteiger charge is -2.39. The van der Waals surface area contributed by atoms with Gasteiger partial charge in [-0.2, -0.15) is 0 Å². The molecule has 0 spiro atoms. The van der Waals surface area contributed by atoms with Crippen LogP contribution in [0.15, 0.2) is 24.3 Å². The van der Waals surface area contributed by atoms with Gasteiger partial charge in [-0.3, -0.25) is 49.0 Å². The normalized spacial score (nSPS) is 14.1. The molecule has 24 nitrogen and oxygen atoms in total. The second kappa shape index (κ2) is 57.1. The molecule has 4 rings (SSSR count). The quantitative estimate of drug-likeness (QED) is 0.0257. The Kier molecular flexibility index (Phi) is 52.5. The van der Waals surface area contributed by atoms with Crippen molar-refractivity contribution in [2.75, 3.05) is 53.9 Å². The number of nitro benzene ring substituents is 2. The molecular weight excluding hydrogens is 1460 g/mol. The minimum Gasteiger partial charge on any atom is -0.493 e. The highest BCUT2D eigenvalue weighted by molar-refractivity contribution is 6.02. The first kappa shape index (κ1) is 105. The average molecular weight is 1610 g/mol. The first-order valence-corrected chi connectivity index (χ1v) is 43.0. The first-order chi connectivity index (χ1) is 53.7. The molecule has 0 saturated carbocycles. The van der Waals surface area contributed by atoms with Gasteiger partial charge in [-0.1, -0.05) is 207 Å². The smallest absolute Gasteiger partial charge is 0.333 e. The fourth-order valence-electron chi connectivity index (χ4n) is 16.9. The van der Waals surface area contributed by atoms with Crippen LogP contribution < -0.4 is 18.9 Å². The van der Waals surface area contributed by atoms with Gasteiger partial charge >= 0.3 is 11.9 Å². The highest BCUT2D eigenvalue weighted by atomic mass is 16.7. The van der Waals surface area contributed by atoms with Crippen molar-refractivity contribution >= 4 is 58.5 Å². The lowest BCUT2D eigenvalue weighted by Crippen LogP contribution is -2.37. The Balaban J connectivity index is 0.00000119. The van der Waals surface area contributed by atoms with Crippen molar-refractivity contribution in [3.63, 3.8) is 0 Å². The van der Waals surface area contributed by atoms with E-state index in [-0.39, 0.29) is 155 Å². The van der Waals surface area contributed by atoms with Crippen LogP contribution in [-0.2, 0) is 57.5 Å². The molecule has 652 valence electrons. The number of carbonyl (C=O) groups is 8. The van der Waals surface area contributed by atoms with Gasteiger partial charge in [-0.05, 0) is 137 Å². The number of hydrogen-bond donors (Lipinski definition) is 0. The van der Waals surface area contributed by atoms with E-state index < -0.39 is 51.3 Å². The minimum atomic E-state index is -0.761. The van der Waals surface area contributed by atoms with Crippen molar-refractivity contribution in [2.24, 2.45) is 21.7 Å². The minimum absolute atomic E-state index is 0. The van der Waals surface area contributed by atoms with E-state index in [1.54, 1.807) is 13.0 Å². The van der Waals surface area contributed by atoms with E-state index in [1.807, 2.05) is 6.92 Å². The van der Waals surface area contributed by atoms with E-state index in [0.29, 0.717) is 44.9 Å². The third-order valence-electron chi connectivity index (χ3n) is 22.8. The van der Waals surface area contributed by atoms with Crippen LogP contribution in [0.5, 0.6) is 23.0 Å². The fourth-order valence-corrected chi connectivity index (χ4v) is 16.9. The maximum absolute atomic E-state index is 13.1. The molecule has 0 bridgehead atoms. The van der Waals surface area contributed by atoms with Gasteiger partial charge in [0.2, 0.25) is 0 Å². The number of methoxy groups -OCH3 is 2. The van der Waals surface area contributed by atoms with Gasteiger partial charge in [0.15, 0.2) is 23.0 Å². The summed E-state index contributed by atoms with van der Waals surface area (Å²) in [6.45, 7) is 29.8. The Hall–Kier alpha value is -7.08. The molecule has 2 saturated heterocycles. The maximum Gasteiger partial charge on any atom is 0.333 e. The summed E-state index contributed by atoms with van der Waals surface area (Å²) in [5.41, 5.74) is 1.42. The second-order valence-corrected chi connectivity index (χ2v) is 32.1. The molecule has 0 aliphatic carbocycles. The van der Waals surface area contributed by atoms with Crippen molar-refractivity contribution in [1.82, 2.24) is 10.1 Å². The Morgan fingerprint density at radius 1 is 0.395 bits per heavy atom. The second-order valence-electron chi connectivity index (χ2n) is 32.1. The number of nitro groups is 2. The molecule has 2 aromatic carbocycles. The molecule has 2 fully saturated rings. The Morgan fingerprint density at radius 2 is 0.693 bits per heavy atom. The van der Waals surface area contributed by atoms with E-state index in [0.717, 1.165) is 129 Å². The average Bonchev–Trinajstić information content (AvgIpc) is 1.72. The molecule has 24 heteroatoms. The molecule has 0 aromatic heterocycles. The van der Waals surface area contributed by atoms with Crippen LogP contribution in [0.2, 0.25) is 0 Å². The van der Waals surface area contributed by atoms with Crippen molar-refractivity contribution in [1.29, 1.82) is 0 Å². The molecule has 0 N–H and O–H groups in total. The number of ether oxygens (including phenoxy) is 6. The van der Waals surface area contributed by atoms with Crippen LogP contribution in [0.1, 0.15) is 391 Å². The molecular formula is C90H152N4O20. The summed E-state index contributed by atoms with van der Waals surface area (Å²) < 4.78 is 35.9. The van der Waals surface area contributed by atoms with Gasteiger partial charge in [-0.25, -0.2) is 9.59 Å². The summed E-state index contributed by atoms with van der Waals surface area (Å²) in [5, 5.41) is 25.1. The number of amides is 4. The molecule has 0 radical (unpaired) electrons. The predicted molar refractivity (Wildman–Crippen MR) is 449 cm³/mol. The zero-order valence-electron chi connectivity index (χ0n) is 71.4. The lowest BCUT2D eigenvalue weighted by molar-refractivity contribution is -0.385. The van der Waals surface area contributed by atoms with E-state index in [2.05, 4.69) is 69.2 Å². The van der Waals surface area contributed by atoms with Crippen molar-refractivity contribution in [3.8, 4) is 23.0 Å². The standard InChI is InChI=1S/C53H90N2O11.C35H54N2O9.2CH4/c1-10-27-51(16-7,38-63-40-53(31-14-5,32-15-6)41-64-39-52(28-11-2,29-12-3)30-13-4)33-21-19-17-18-20-23-43(56)35-42(8)44-36-46(62-9)47(37-45(44)55(60)61)65-34-22-24-50(59)66-54-48(57)25-26-49(54)58;1-6-19-35(8-3,20-7-2)21-13-11-9-10-12-15-27(38)23-26(4)28-24-30(44-5)31(25-29(28)37(42)43)45-22-14-16-34(41)46-36-32(39)17-18-33(36)40;;/h36-37,42H,10-35,38-41H2,1-9H3;24-26H,6-23H2,1-5H3;2*1H4. The van der Waals surface area contributed by atoms with Gasteiger partial charge in [-0.15, -0.1) is 10.1 Å². The topological polar surface area (TPSA) is 303 Å². The number of hydrogen-bond acceptors (Lipinski definition) is 20. The van der Waals surface area contributed by atoms with Crippen LogP contribution in [-0.4, -0.2) is 121 Å². The molecule has 3 atom stereocenters. The number of hydroxylamine groups is 4. The van der Waals surface area contributed by atoms with Gasteiger partial charge < -0.3 is 38.1 Å². The molecule has 3 unspecified atom stereocenters. The largest absolute Gasteiger partial charge is 0.493 e. The number of ketones is 2. The van der Waals surface area contributed by atoms with Crippen LogP contribution in [0, 0.1) is 41.9 Å². The number of carbonyl (C=O) groups excluding carboxylic acids is 8. The maximum atomic E-state index is 13.1. The zero-order valence-corrected chi connectivity index (χ0v) is 71.4. The van der Waals surface area contributed by atoms with Crippen molar-refractivity contribution < 1.29 is 86.3 Å². The van der Waals surface area contributed by atoms with E-state index >= 15 is 0 Å². The van der Waals surface area contributed by atoms with E-state index in [1.165, 1.54) is 122 Å². The first-order valence-electron chi connectivity index (χ1n) is 43.0. The Bertz CT molecular complexity index is 3150. The van der Waals surface area contributed by atoms with Crippen LogP contribution in [0.25, 0.3) is 0 Å². The number of nitrogens with zero attached hydrogens (tertiary/aromatic N) is 4. The summed E-state index contributed by atoms with van der Waals surface area (Å²) >= 11 is 0. The summed E-state index contributed by atoms with van der Waals surface area (Å²) in [4.78, 5) is 130. The lowest BCUT2D eigenvalue weighted by atomic mass is 9.73. The van der Waals surface area contributed by atoms with E-state index in [4.69, 9.17) is 38.1 Å². The molecule has 2 aliphatic heterocycles. The molecule has 2 aliphatic rings. The van der Waals surface area contributed by atoms with Crippen molar-refractivity contribution in [3.05, 3.63) is 55.6 Å². The third-order valence-corrected chi connectivity index (χ3v) is 22.8. The fraction of sp³-hybridized carbons (Fsp3) is 0.778. The predicted octanol–water partition coefficient (Wildman–Crippen LogP) is 22.8. The molecule has 4 amide bonds. The van der Waals surface area contributed by atoms with Gasteiger partial charge in [0.1, 0.15) is 11.6 Å². The highest BCUT2D eigenvalue weighted by Crippen LogP contribution is 2.44. The number of rotatable bonds is 64. The molecule has 2 aromatic rings. The number of unbranched alkanes of at least 4 members (excludes halogenated alkanes) is 8. The molecule has 114 heavy (non-hydrogen) atoms. The van der Waals surface area contributed by atoms with Gasteiger partial charge in [0.25, 0.3) is 35.0 Å². The Labute approximate surface area is 685 Å². The SMILES string of the molecule is C.C.CCCC(CC)(CCC)CCCCCCCC(=O)CC(C)c1cc(OC)c(OCCCC(=O)ON2C(=O)CCC2=O)cc1[N+](=O)[O-].CCCC(CC)(CCCCCCCC(=O)CC(C)c1cc(OC)c(OCCCC(=O)ON2C(=O)CCC2=O)cc1[N+](=O)[O-])COCC(CCC)(CCC)COCC(CCC)(CCC)CCC. The highest BCUT2D eigenvalue weighted by Gasteiger charge is 2.38. The number of benzene rings is 2. The number of imide groups is 2. The number of Topliss-reactive ketones (excluding diaryl/α,β-unsaturated/α-hetero) is 2.